The van der Waals surface area contributed by atoms with Gasteiger partial charge >= 0.3 is 5.97 Å². The Kier molecular flexibility index (Phi) is 7.50. The number of fused-ring (bicyclic) bond motifs is 1. The first kappa shape index (κ1) is 19.0. The molecule has 136 valence electrons. The molecule has 0 aliphatic carbocycles. The summed E-state index contributed by atoms with van der Waals surface area (Å²) >= 11 is 0. The third-order valence-corrected chi connectivity index (χ3v) is 3.94. The van der Waals surface area contributed by atoms with Crippen molar-refractivity contribution in [3.05, 3.63) is 41.5 Å². The fourth-order valence-electron chi connectivity index (χ4n) is 2.44. The summed E-state index contributed by atoms with van der Waals surface area (Å²) in [5.41, 5.74) is 1.91. The van der Waals surface area contributed by atoms with Gasteiger partial charge in [-0.2, -0.15) is 0 Å². The Bertz CT molecular complexity index is 634. The first-order valence-corrected chi connectivity index (χ1v) is 8.49. The number of hydrogen-bond acceptors (Lipinski definition) is 5. The second-order valence-electron chi connectivity index (χ2n) is 5.91. The van der Waals surface area contributed by atoms with Gasteiger partial charge in [-0.05, 0) is 36.7 Å². The normalized spacial score (nSPS) is 17.3. The van der Waals surface area contributed by atoms with Gasteiger partial charge in [-0.3, -0.25) is 0 Å². The smallest absolute Gasteiger partial charge is 0.328 e. The van der Waals surface area contributed by atoms with Crippen molar-refractivity contribution in [2.45, 2.75) is 13.3 Å². The van der Waals surface area contributed by atoms with Crippen molar-refractivity contribution in [1.82, 2.24) is 10.2 Å². The third-order valence-electron chi connectivity index (χ3n) is 3.94. The minimum Gasteiger partial charge on any atom is -0.478 e. The highest BCUT2D eigenvalue weighted by Crippen LogP contribution is 2.33. The average Bonchev–Trinajstić information content (AvgIpc) is 3.07. The molecule has 0 radical (unpaired) electrons. The van der Waals surface area contributed by atoms with Crippen molar-refractivity contribution in [2.24, 2.45) is 0 Å². The lowest BCUT2D eigenvalue weighted by Gasteiger charge is -2.21. The molecule has 2 aliphatic heterocycles. The quantitative estimate of drug-likeness (QED) is 0.644. The molecule has 1 aromatic carbocycles. The molecular weight excluding hydrogens is 320 g/mol. The minimum atomic E-state index is -0.944. The number of carboxylic acids is 1. The number of nitrogens with zero attached hydrogens (tertiary/aromatic N) is 1. The molecule has 0 saturated carbocycles. The van der Waals surface area contributed by atoms with E-state index in [1.165, 1.54) is 13.1 Å². The molecular formula is C19H26N2O4. The summed E-state index contributed by atoms with van der Waals surface area (Å²) in [4.78, 5) is 12.8. The summed E-state index contributed by atoms with van der Waals surface area (Å²) in [5.74, 6) is 0.521. The van der Waals surface area contributed by atoms with Crippen LogP contribution in [0, 0.1) is 0 Å². The number of allylic oxidation sites excluding steroid dienone is 2. The molecule has 6 heteroatoms. The largest absolute Gasteiger partial charge is 0.478 e. The van der Waals surface area contributed by atoms with Crippen LogP contribution in [0.3, 0.4) is 0 Å². The molecule has 3 rings (SSSR count). The Balaban J connectivity index is 0.000000269. The Morgan fingerprint density at radius 1 is 1.24 bits per heavy atom. The molecule has 6 nitrogen and oxygen atoms in total. The van der Waals surface area contributed by atoms with Crippen molar-refractivity contribution in [2.75, 3.05) is 40.0 Å². The number of rotatable bonds is 4. The molecule has 2 N–H and O–H groups in total. The van der Waals surface area contributed by atoms with Crippen LogP contribution in [0.5, 0.6) is 11.5 Å². The van der Waals surface area contributed by atoms with E-state index >= 15 is 0 Å². The molecule has 1 aromatic rings. The average molecular weight is 346 g/mol. The standard InChI is InChI=1S/C14H14O4.C5H12N2/c1-2-10(4-6-14(15)16)7-11-3-5-12-13(8-11)18-9-17-12;1-7-4-2-6-3-5-7/h3-8H,2,9H2,1H3,(H,15,16);6H,2-5H2,1H3. The number of piperazine rings is 1. The van der Waals surface area contributed by atoms with Crippen molar-refractivity contribution in [3.63, 3.8) is 0 Å². The van der Waals surface area contributed by atoms with Gasteiger partial charge in [0, 0.05) is 32.3 Å². The zero-order valence-electron chi connectivity index (χ0n) is 14.8. The van der Waals surface area contributed by atoms with Crippen LogP contribution in [0.25, 0.3) is 6.08 Å². The number of ether oxygens (including phenoxy) is 2. The van der Waals surface area contributed by atoms with Crippen molar-refractivity contribution in [3.8, 4) is 11.5 Å². The van der Waals surface area contributed by atoms with E-state index < -0.39 is 5.97 Å². The van der Waals surface area contributed by atoms with Crippen LogP contribution < -0.4 is 14.8 Å². The maximum Gasteiger partial charge on any atom is 0.328 e. The van der Waals surface area contributed by atoms with Gasteiger partial charge in [0.25, 0.3) is 0 Å². The molecule has 1 saturated heterocycles. The molecule has 1 fully saturated rings. The van der Waals surface area contributed by atoms with Gasteiger partial charge in [0.1, 0.15) is 0 Å². The number of carboxylic acid groups (broad SMARTS) is 1. The van der Waals surface area contributed by atoms with Crippen molar-refractivity contribution < 1.29 is 19.4 Å². The SMILES string of the molecule is CCC(C=CC(=O)O)=Cc1ccc2c(c1)OCO2.CN1CCNCC1. The van der Waals surface area contributed by atoms with E-state index in [0.29, 0.717) is 0 Å². The Morgan fingerprint density at radius 2 is 1.96 bits per heavy atom. The minimum absolute atomic E-state index is 0.252. The Hall–Kier alpha value is -2.31. The molecule has 25 heavy (non-hydrogen) atoms. The van der Waals surface area contributed by atoms with E-state index in [9.17, 15) is 4.79 Å². The van der Waals surface area contributed by atoms with E-state index in [1.54, 1.807) is 6.08 Å². The zero-order valence-corrected chi connectivity index (χ0v) is 14.8. The molecule has 0 atom stereocenters. The molecule has 0 unspecified atom stereocenters. The maximum absolute atomic E-state index is 10.5. The third kappa shape index (κ3) is 6.60. The summed E-state index contributed by atoms with van der Waals surface area (Å²) in [6, 6.07) is 5.65. The second kappa shape index (κ2) is 9.86. The monoisotopic (exact) mass is 346 g/mol. The summed E-state index contributed by atoms with van der Waals surface area (Å²) in [6.07, 6.45) is 5.44. The zero-order chi connectivity index (χ0) is 18.1. The van der Waals surface area contributed by atoms with E-state index in [0.717, 1.165) is 48.2 Å². The van der Waals surface area contributed by atoms with Crippen LogP contribution in [0.1, 0.15) is 18.9 Å². The highest BCUT2D eigenvalue weighted by Gasteiger charge is 2.12. The number of aliphatic carboxylic acids is 1. The van der Waals surface area contributed by atoms with Crippen LogP contribution >= 0.6 is 0 Å². The molecule has 0 bridgehead atoms. The lowest BCUT2D eigenvalue weighted by atomic mass is 10.1. The molecule has 2 heterocycles. The van der Waals surface area contributed by atoms with Gasteiger partial charge in [0.2, 0.25) is 6.79 Å². The van der Waals surface area contributed by atoms with E-state index in [2.05, 4.69) is 17.3 Å². The Morgan fingerprint density at radius 3 is 2.56 bits per heavy atom. The van der Waals surface area contributed by atoms with Crippen LogP contribution in [0.15, 0.2) is 35.9 Å². The summed E-state index contributed by atoms with van der Waals surface area (Å²) in [5, 5.41) is 11.9. The van der Waals surface area contributed by atoms with Gasteiger partial charge in [0.15, 0.2) is 11.5 Å². The molecule has 2 aliphatic rings. The van der Waals surface area contributed by atoms with Crippen LogP contribution in [-0.4, -0.2) is 56.0 Å². The van der Waals surface area contributed by atoms with Crippen LogP contribution in [0.2, 0.25) is 0 Å². The fourth-order valence-corrected chi connectivity index (χ4v) is 2.44. The topological polar surface area (TPSA) is 71.0 Å². The first-order chi connectivity index (χ1) is 12.1. The maximum atomic E-state index is 10.5. The number of nitrogens with one attached hydrogen (secondary N) is 1. The van der Waals surface area contributed by atoms with E-state index in [-0.39, 0.29) is 6.79 Å². The fraction of sp³-hybridized carbons (Fsp3) is 0.421. The number of benzene rings is 1. The second-order valence-corrected chi connectivity index (χ2v) is 5.91. The molecule has 0 aromatic heterocycles. The molecule has 0 amide bonds. The Labute approximate surface area is 148 Å². The van der Waals surface area contributed by atoms with E-state index in [4.69, 9.17) is 14.6 Å². The van der Waals surface area contributed by atoms with Gasteiger partial charge in [-0.1, -0.05) is 25.1 Å². The van der Waals surface area contributed by atoms with Gasteiger partial charge < -0.3 is 24.8 Å². The summed E-state index contributed by atoms with van der Waals surface area (Å²) in [6.45, 7) is 6.97. The highest BCUT2D eigenvalue weighted by atomic mass is 16.7. The predicted octanol–water partition coefficient (Wildman–Crippen LogP) is 2.37. The number of likely N-dealkylation sites (N-methyl/N-ethyl adjacent to an activating group) is 1. The molecule has 0 spiro atoms. The van der Waals surface area contributed by atoms with Gasteiger partial charge in [-0.15, -0.1) is 0 Å². The first-order valence-electron chi connectivity index (χ1n) is 8.49. The van der Waals surface area contributed by atoms with E-state index in [1.807, 2.05) is 31.2 Å². The summed E-state index contributed by atoms with van der Waals surface area (Å²) in [7, 11) is 2.15. The van der Waals surface area contributed by atoms with Crippen LogP contribution in [-0.2, 0) is 4.79 Å². The van der Waals surface area contributed by atoms with Crippen molar-refractivity contribution >= 4 is 12.0 Å². The lowest BCUT2D eigenvalue weighted by molar-refractivity contribution is -0.131. The lowest BCUT2D eigenvalue weighted by Crippen LogP contribution is -2.40. The number of hydrogen-bond donors (Lipinski definition) is 2. The van der Waals surface area contributed by atoms with Gasteiger partial charge in [0.05, 0.1) is 0 Å². The van der Waals surface area contributed by atoms with Crippen LogP contribution in [0.4, 0.5) is 0 Å². The van der Waals surface area contributed by atoms with Gasteiger partial charge in [-0.25, -0.2) is 4.79 Å². The van der Waals surface area contributed by atoms with Crippen molar-refractivity contribution in [1.29, 1.82) is 0 Å². The highest BCUT2D eigenvalue weighted by molar-refractivity contribution is 5.80. The summed E-state index contributed by atoms with van der Waals surface area (Å²) < 4.78 is 10.5. The number of carbonyl (C=O) groups is 1. The predicted molar refractivity (Wildman–Crippen MR) is 98.0 cm³/mol.